The minimum atomic E-state index is -0.771. The zero-order valence-electron chi connectivity index (χ0n) is 25.1. The Labute approximate surface area is 252 Å². The second-order valence-corrected chi connectivity index (χ2v) is 13.3. The molecule has 0 spiro atoms. The lowest BCUT2D eigenvalue weighted by Gasteiger charge is -2.35. The molecule has 3 atom stereocenters. The number of carbonyl (C=O) groups is 3. The SMILES string of the molecule is Cc1ncsc1-c1ccc([C@H](C)NC(=O)[C@@H]2CCCN2C(=O)C(NC(=O)c2ccc3c(c2)CNCC3)C(C)(C)C)cc1. The van der Waals surface area contributed by atoms with Crippen LogP contribution in [0.25, 0.3) is 10.4 Å². The number of fused-ring (bicyclic) bond motifs is 1. The molecule has 1 unspecified atom stereocenters. The van der Waals surface area contributed by atoms with Gasteiger partial charge in [0.2, 0.25) is 11.8 Å². The maximum atomic E-state index is 14.0. The molecule has 2 aliphatic rings. The number of benzene rings is 2. The summed E-state index contributed by atoms with van der Waals surface area (Å²) in [7, 11) is 0. The lowest BCUT2D eigenvalue weighted by Crippen LogP contribution is -2.57. The van der Waals surface area contributed by atoms with Gasteiger partial charge in [-0.05, 0) is 79.5 Å². The van der Waals surface area contributed by atoms with E-state index in [-0.39, 0.29) is 23.8 Å². The van der Waals surface area contributed by atoms with Crippen molar-refractivity contribution in [1.29, 1.82) is 0 Å². The first-order chi connectivity index (χ1) is 20.0. The van der Waals surface area contributed by atoms with Crippen LogP contribution in [0.15, 0.2) is 48.0 Å². The Bertz CT molecular complexity index is 1460. The fourth-order valence-corrected chi connectivity index (χ4v) is 6.66. The summed E-state index contributed by atoms with van der Waals surface area (Å²) < 4.78 is 0. The monoisotopic (exact) mass is 587 g/mol. The van der Waals surface area contributed by atoms with Crippen molar-refractivity contribution in [2.45, 2.75) is 78.6 Å². The number of hydrogen-bond acceptors (Lipinski definition) is 6. The van der Waals surface area contributed by atoms with Crippen LogP contribution < -0.4 is 16.0 Å². The second kappa shape index (κ2) is 12.4. The predicted octanol–water partition coefficient (Wildman–Crippen LogP) is 4.78. The third kappa shape index (κ3) is 6.42. The van der Waals surface area contributed by atoms with Crippen LogP contribution in [0.2, 0.25) is 0 Å². The van der Waals surface area contributed by atoms with Crippen LogP contribution >= 0.6 is 11.3 Å². The number of likely N-dealkylation sites (tertiary alicyclic amines) is 1. The highest BCUT2D eigenvalue weighted by atomic mass is 32.1. The molecular weight excluding hydrogens is 546 g/mol. The molecule has 0 aliphatic carbocycles. The molecule has 3 amide bonds. The van der Waals surface area contributed by atoms with Gasteiger partial charge < -0.3 is 20.9 Å². The van der Waals surface area contributed by atoms with Gasteiger partial charge in [0.1, 0.15) is 12.1 Å². The number of aryl methyl sites for hydroxylation is 1. The van der Waals surface area contributed by atoms with E-state index in [0.29, 0.717) is 18.5 Å². The molecule has 3 aromatic rings. The summed E-state index contributed by atoms with van der Waals surface area (Å²) in [6.45, 7) is 11.9. The maximum absolute atomic E-state index is 14.0. The van der Waals surface area contributed by atoms with Crippen LogP contribution in [0.1, 0.15) is 79.3 Å². The number of amides is 3. The summed E-state index contributed by atoms with van der Waals surface area (Å²) in [6, 6.07) is 12.4. The van der Waals surface area contributed by atoms with Gasteiger partial charge in [-0.1, -0.05) is 51.1 Å². The van der Waals surface area contributed by atoms with Crippen molar-refractivity contribution >= 4 is 29.1 Å². The standard InChI is InChI=1S/C33H41N5O3S/c1-20(22-8-11-24(12-9-22)28-21(2)35-19-42-28)36-31(40)27-7-6-16-38(27)32(41)29(33(3,4)5)37-30(39)25-13-10-23-14-15-34-18-26(23)17-25/h8-13,17,19-20,27,29,34H,6-7,14-16,18H2,1-5H3,(H,36,40)(H,37,39)/t20-,27-,29?/m0/s1. The van der Waals surface area contributed by atoms with Crippen molar-refractivity contribution in [3.8, 4) is 10.4 Å². The molecule has 0 saturated carbocycles. The molecule has 2 aliphatic heterocycles. The summed E-state index contributed by atoms with van der Waals surface area (Å²) in [4.78, 5) is 47.9. The quantitative estimate of drug-likeness (QED) is 0.369. The number of hydrogen-bond donors (Lipinski definition) is 3. The summed E-state index contributed by atoms with van der Waals surface area (Å²) in [6.07, 6.45) is 2.27. The Hall–Kier alpha value is -3.56. The number of thiazole rings is 1. The van der Waals surface area contributed by atoms with Gasteiger partial charge in [0.05, 0.1) is 22.1 Å². The van der Waals surface area contributed by atoms with Gasteiger partial charge in [-0.3, -0.25) is 14.4 Å². The molecule has 0 bridgehead atoms. The molecule has 5 rings (SSSR count). The van der Waals surface area contributed by atoms with Crippen LogP contribution in [0.5, 0.6) is 0 Å². The van der Waals surface area contributed by atoms with Gasteiger partial charge >= 0.3 is 0 Å². The highest BCUT2D eigenvalue weighted by Crippen LogP contribution is 2.29. The minimum Gasteiger partial charge on any atom is -0.348 e. The zero-order valence-corrected chi connectivity index (χ0v) is 25.9. The Morgan fingerprint density at radius 3 is 2.52 bits per heavy atom. The molecule has 222 valence electrons. The topological polar surface area (TPSA) is 103 Å². The molecular formula is C33H41N5O3S. The van der Waals surface area contributed by atoms with Crippen molar-refractivity contribution in [2.24, 2.45) is 5.41 Å². The Kier molecular flexibility index (Phi) is 8.80. The van der Waals surface area contributed by atoms with Gasteiger partial charge in [0, 0.05) is 18.7 Å². The van der Waals surface area contributed by atoms with E-state index in [4.69, 9.17) is 0 Å². The van der Waals surface area contributed by atoms with Gasteiger partial charge in [-0.15, -0.1) is 11.3 Å². The first-order valence-electron chi connectivity index (χ1n) is 14.8. The summed E-state index contributed by atoms with van der Waals surface area (Å²) in [5, 5.41) is 9.49. The fraction of sp³-hybridized carbons (Fsp3) is 0.455. The van der Waals surface area contributed by atoms with Crippen LogP contribution in [-0.2, 0) is 22.6 Å². The van der Waals surface area contributed by atoms with Crippen molar-refractivity contribution in [1.82, 2.24) is 25.8 Å². The molecule has 9 heteroatoms. The molecule has 1 aromatic heterocycles. The van der Waals surface area contributed by atoms with Crippen LogP contribution in [0, 0.1) is 12.3 Å². The van der Waals surface area contributed by atoms with Crippen molar-refractivity contribution < 1.29 is 14.4 Å². The summed E-state index contributed by atoms with van der Waals surface area (Å²) in [5.74, 6) is -0.663. The van der Waals surface area contributed by atoms with E-state index in [9.17, 15) is 14.4 Å². The highest BCUT2D eigenvalue weighted by Gasteiger charge is 2.42. The average Bonchev–Trinajstić information content (AvgIpc) is 3.64. The van der Waals surface area contributed by atoms with Crippen molar-refractivity contribution in [3.63, 3.8) is 0 Å². The van der Waals surface area contributed by atoms with E-state index >= 15 is 0 Å². The summed E-state index contributed by atoms with van der Waals surface area (Å²) >= 11 is 1.61. The Morgan fingerprint density at radius 1 is 1.07 bits per heavy atom. The molecule has 1 saturated heterocycles. The smallest absolute Gasteiger partial charge is 0.251 e. The van der Waals surface area contributed by atoms with E-state index in [2.05, 4.69) is 33.1 Å². The van der Waals surface area contributed by atoms with E-state index in [0.717, 1.165) is 53.2 Å². The second-order valence-electron chi connectivity index (χ2n) is 12.5. The largest absolute Gasteiger partial charge is 0.348 e. The Morgan fingerprint density at radius 2 is 1.83 bits per heavy atom. The van der Waals surface area contributed by atoms with Crippen molar-refractivity contribution in [3.05, 3.63) is 75.9 Å². The molecule has 1 fully saturated rings. The maximum Gasteiger partial charge on any atom is 0.251 e. The summed E-state index contributed by atoms with van der Waals surface area (Å²) in [5.41, 5.74) is 7.31. The lowest BCUT2D eigenvalue weighted by molar-refractivity contribution is -0.142. The number of nitrogens with zero attached hydrogens (tertiary/aromatic N) is 2. The van der Waals surface area contributed by atoms with Crippen LogP contribution in [-0.4, -0.2) is 52.8 Å². The van der Waals surface area contributed by atoms with Crippen molar-refractivity contribution in [2.75, 3.05) is 13.1 Å². The molecule has 3 heterocycles. The van der Waals surface area contributed by atoms with E-state index in [1.807, 2.05) is 70.5 Å². The van der Waals surface area contributed by atoms with E-state index in [1.54, 1.807) is 16.2 Å². The van der Waals surface area contributed by atoms with Gasteiger partial charge in [0.15, 0.2) is 0 Å². The highest BCUT2D eigenvalue weighted by molar-refractivity contribution is 7.13. The van der Waals surface area contributed by atoms with Gasteiger partial charge in [-0.25, -0.2) is 4.98 Å². The number of nitrogens with one attached hydrogen (secondary N) is 3. The van der Waals surface area contributed by atoms with Crippen LogP contribution in [0.3, 0.4) is 0 Å². The first-order valence-corrected chi connectivity index (χ1v) is 15.7. The molecule has 0 radical (unpaired) electrons. The molecule has 3 N–H and O–H groups in total. The molecule has 8 nitrogen and oxygen atoms in total. The predicted molar refractivity (Wildman–Crippen MR) is 166 cm³/mol. The van der Waals surface area contributed by atoms with E-state index < -0.39 is 17.5 Å². The molecule has 42 heavy (non-hydrogen) atoms. The first kappa shape index (κ1) is 29.9. The number of carbonyl (C=O) groups excluding carboxylic acids is 3. The minimum absolute atomic E-state index is 0.170. The van der Waals surface area contributed by atoms with Gasteiger partial charge in [0.25, 0.3) is 5.91 Å². The fourth-order valence-electron chi connectivity index (χ4n) is 5.85. The average molecular weight is 588 g/mol. The molecule has 2 aromatic carbocycles. The Balaban J connectivity index is 1.26. The van der Waals surface area contributed by atoms with Crippen LogP contribution in [0.4, 0.5) is 0 Å². The normalized spacial score (nSPS) is 18.2. The number of rotatable bonds is 7. The number of aromatic nitrogens is 1. The van der Waals surface area contributed by atoms with E-state index in [1.165, 1.54) is 5.56 Å². The third-order valence-electron chi connectivity index (χ3n) is 8.36. The third-order valence-corrected chi connectivity index (χ3v) is 9.34. The lowest BCUT2D eigenvalue weighted by atomic mass is 9.85. The van der Waals surface area contributed by atoms with Gasteiger partial charge in [-0.2, -0.15) is 0 Å². The zero-order chi connectivity index (χ0) is 30.0.